The SMILES string of the molecule is CC(OC(=O)c1ccc(NC(=O)CC#N)cc1)C(=O)NCc1ccc2c(c1)OCO2. The number of nitrogens with zero attached hydrogens (tertiary/aromatic N) is 1. The maximum atomic E-state index is 12.2. The molecule has 2 aromatic rings. The van der Waals surface area contributed by atoms with Crippen molar-refractivity contribution < 1.29 is 28.6 Å². The summed E-state index contributed by atoms with van der Waals surface area (Å²) in [5, 5.41) is 13.7. The molecule has 1 aliphatic rings. The Hall–Kier alpha value is -4.06. The lowest BCUT2D eigenvalue weighted by Crippen LogP contribution is -2.35. The van der Waals surface area contributed by atoms with Gasteiger partial charge in [-0.3, -0.25) is 9.59 Å². The average molecular weight is 409 g/mol. The predicted molar refractivity (Wildman–Crippen MR) is 105 cm³/mol. The second-order valence-electron chi connectivity index (χ2n) is 6.41. The molecular weight excluding hydrogens is 390 g/mol. The van der Waals surface area contributed by atoms with Gasteiger partial charge in [0.1, 0.15) is 6.42 Å². The van der Waals surface area contributed by atoms with Gasteiger partial charge in [-0.25, -0.2) is 4.79 Å². The van der Waals surface area contributed by atoms with Crippen LogP contribution >= 0.6 is 0 Å². The predicted octanol–water partition coefficient (Wildman–Crippen LogP) is 2.13. The number of carbonyl (C=O) groups is 3. The summed E-state index contributed by atoms with van der Waals surface area (Å²) in [4.78, 5) is 35.9. The number of fused-ring (bicyclic) bond motifs is 1. The molecule has 0 radical (unpaired) electrons. The molecule has 2 aromatic carbocycles. The molecule has 0 spiro atoms. The van der Waals surface area contributed by atoms with Crippen LogP contribution < -0.4 is 20.1 Å². The van der Waals surface area contributed by atoms with Crippen molar-refractivity contribution in [2.75, 3.05) is 12.1 Å². The highest BCUT2D eigenvalue weighted by Crippen LogP contribution is 2.32. The molecule has 2 amide bonds. The lowest BCUT2D eigenvalue weighted by Gasteiger charge is -2.14. The van der Waals surface area contributed by atoms with E-state index >= 15 is 0 Å². The second-order valence-corrected chi connectivity index (χ2v) is 6.41. The summed E-state index contributed by atoms with van der Waals surface area (Å²) in [5.41, 5.74) is 1.49. The van der Waals surface area contributed by atoms with Crippen LogP contribution in [0, 0.1) is 11.3 Å². The Labute approximate surface area is 172 Å². The van der Waals surface area contributed by atoms with Gasteiger partial charge in [0.05, 0.1) is 11.6 Å². The van der Waals surface area contributed by atoms with Crippen LogP contribution in [-0.2, 0) is 20.9 Å². The van der Waals surface area contributed by atoms with E-state index < -0.39 is 23.9 Å². The van der Waals surface area contributed by atoms with Gasteiger partial charge in [-0.05, 0) is 48.9 Å². The third-order valence-electron chi connectivity index (χ3n) is 4.20. The standard InChI is InChI=1S/C21H19N3O6/c1-13(20(26)23-11-14-2-7-17-18(10-14)29-12-28-17)30-21(27)15-3-5-16(6-4-15)24-19(25)8-9-22/h2-7,10,13H,8,11-12H2,1H3,(H,23,26)(H,24,25). The highest BCUT2D eigenvalue weighted by molar-refractivity contribution is 5.94. The molecule has 1 atom stereocenters. The molecule has 0 aromatic heterocycles. The van der Waals surface area contributed by atoms with Crippen molar-refractivity contribution in [1.82, 2.24) is 5.32 Å². The molecule has 0 fully saturated rings. The molecule has 2 N–H and O–H groups in total. The van der Waals surface area contributed by atoms with Gasteiger partial charge >= 0.3 is 5.97 Å². The Balaban J connectivity index is 1.49. The fourth-order valence-electron chi connectivity index (χ4n) is 2.63. The molecule has 0 aliphatic carbocycles. The first kappa shape index (κ1) is 20.7. The van der Waals surface area contributed by atoms with Crippen molar-refractivity contribution in [3.8, 4) is 17.6 Å². The number of benzene rings is 2. The van der Waals surface area contributed by atoms with Crippen LogP contribution in [-0.4, -0.2) is 30.7 Å². The van der Waals surface area contributed by atoms with E-state index in [0.717, 1.165) is 5.56 Å². The van der Waals surface area contributed by atoms with E-state index in [1.165, 1.54) is 31.2 Å². The van der Waals surface area contributed by atoms with Crippen LogP contribution in [0.2, 0.25) is 0 Å². The van der Waals surface area contributed by atoms with Gasteiger partial charge in [0, 0.05) is 12.2 Å². The first-order chi connectivity index (χ1) is 14.5. The molecule has 9 heteroatoms. The fraction of sp³-hybridized carbons (Fsp3) is 0.238. The van der Waals surface area contributed by atoms with E-state index in [1.54, 1.807) is 24.3 Å². The lowest BCUT2D eigenvalue weighted by atomic mass is 10.2. The molecule has 0 saturated heterocycles. The monoisotopic (exact) mass is 409 g/mol. The average Bonchev–Trinajstić information content (AvgIpc) is 3.20. The van der Waals surface area contributed by atoms with Crippen LogP contribution in [0.25, 0.3) is 0 Å². The number of hydrogen-bond acceptors (Lipinski definition) is 7. The van der Waals surface area contributed by atoms with E-state index in [2.05, 4.69) is 10.6 Å². The van der Waals surface area contributed by atoms with Gasteiger partial charge in [-0.15, -0.1) is 0 Å². The Bertz CT molecular complexity index is 997. The van der Waals surface area contributed by atoms with E-state index in [1.807, 2.05) is 0 Å². The number of amides is 2. The summed E-state index contributed by atoms with van der Waals surface area (Å²) in [6.07, 6.45) is -1.26. The minimum atomic E-state index is -0.999. The Kier molecular flexibility index (Phi) is 6.49. The van der Waals surface area contributed by atoms with E-state index in [4.69, 9.17) is 19.5 Å². The maximum Gasteiger partial charge on any atom is 0.338 e. The summed E-state index contributed by atoms with van der Waals surface area (Å²) in [6, 6.07) is 13.0. The summed E-state index contributed by atoms with van der Waals surface area (Å²) in [6.45, 7) is 1.89. The number of nitrogens with one attached hydrogen (secondary N) is 2. The number of nitriles is 1. The van der Waals surface area contributed by atoms with Gasteiger partial charge in [0.25, 0.3) is 5.91 Å². The number of carbonyl (C=O) groups excluding carboxylic acids is 3. The third-order valence-corrected chi connectivity index (χ3v) is 4.20. The van der Waals surface area contributed by atoms with Crippen LogP contribution in [0.3, 0.4) is 0 Å². The van der Waals surface area contributed by atoms with Gasteiger partial charge in [0.2, 0.25) is 12.7 Å². The summed E-state index contributed by atoms with van der Waals surface area (Å²) >= 11 is 0. The van der Waals surface area contributed by atoms with Gasteiger partial charge in [0.15, 0.2) is 17.6 Å². The molecule has 154 valence electrons. The fourth-order valence-corrected chi connectivity index (χ4v) is 2.63. The minimum Gasteiger partial charge on any atom is -0.454 e. The highest BCUT2D eigenvalue weighted by atomic mass is 16.7. The molecule has 1 heterocycles. The molecular formula is C21H19N3O6. The molecule has 3 rings (SSSR count). The summed E-state index contributed by atoms with van der Waals surface area (Å²) < 4.78 is 15.7. The number of esters is 1. The smallest absolute Gasteiger partial charge is 0.338 e. The number of anilines is 1. The van der Waals surface area contributed by atoms with Crippen molar-refractivity contribution in [3.05, 3.63) is 53.6 Å². The van der Waals surface area contributed by atoms with Crippen molar-refractivity contribution in [2.24, 2.45) is 0 Å². The maximum absolute atomic E-state index is 12.2. The van der Waals surface area contributed by atoms with Crippen molar-refractivity contribution in [2.45, 2.75) is 26.0 Å². The van der Waals surface area contributed by atoms with E-state index in [9.17, 15) is 14.4 Å². The highest BCUT2D eigenvalue weighted by Gasteiger charge is 2.19. The zero-order valence-corrected chi connectivity index (χ0v) is 16.1. The van der Waals surface area contributed by atoms with Crippen molar-refractivity contribution in [1.29, 1.82) is 5.26 Å². The molecule has 1 aliphatic heterocycles. The molecule has 1 unspecified atom stereocenters. The topological polar surface area (TPSA) is 127 Å². The second kappa shape index (κ2) is 9.43. The van der Waals surface area contributed by atoms with Crippen LogP contribution in [0.1, 0.15) is 29.3 Å². The van der Waals surface area contributed by atoms with Crippen molar-refractivity contribution >= 4 is 23.5 Å². The number of rotatable bonds is 7. The summed E-state index contributed by atoms with van der Waals surface area (Å²) in [5.74, 6) is -0.283. The first-order valence-electron chi connectivity index (χ1n) is 9.10. The molecule has 9 nitrogen and oxygen atoms in total. The van der Waals surface area contributed by atoms with Gasteiger partial charge < -0.3 is 24.8 Å². The van der Waals surface area contributed by atoms with Crippen LogP contribution in [0.15, 0.2) is 42.5 Å². The van der Waals surface area contributed by atoms with Crippen LogP contribution in [0.5, 0.6) is 11.5 Å². The normalized spacial score (nSPS) is 12.4. The largest absolute Gasteiger partial charge is 0.454 e. The van der Waals surface area contributed by atoms with Gasteiger partial charge in [-0.2, -0.15) is 5.26 Å². The number of hydrogen-bond donors (Lipinski definition) is 2. The first-order valence-corrected chi connectivity index (χ1v) is 9.10. The van der Waals surface area contributed by atoms with E-state index in [-0.39, 0.29) is 25.3 Å². The Morgan fingerprint density at radius 3 is 2.60 bits per heavy atom. The van der Waals surface area contributed by atoms with E-state index in [0.29, 0.717) is 17.2 Å². The Morgan fingerprint density at radius 2 is 1.87 bits per heavy atom. The lowest BCUT2D eigenvalue weighted by molar-refractivity contribution is -0.129. The molecule has 0 bridgehead atoms. The summed E-state index contributed by atoms with van der Waals surface area (Å²) in [7, 11) is 0. The minimum absolute atomic E-state index is 0.172. The molecule has 0 saturated carbocycles. The number of ether oxygens (including phenoxy) is 3. The molecule has 30 heavy (non-hydrogen) atoms. The zero-order valence-electron chi connectivity index (χ0n) is 16.1. The van der Waals surface area contributed by atoms with Crippen LogP contribution in [0.4, 0.5) is 5.69 Å². The van der Waals surface area contributed by atoms with Crippen molar-refractivity contribution in [3.63, 3.8) is 0 Å². The van der Waals surface area contributed by atoms with Gasteiger partial charge in [-0.1, -0.05) is 6.07 Å². The Morgan fingerprint density at radius 1 is 1.13 bits per heavy atom. The quantitative estimate of drug-likeness (QED) is 0.671. The third kappa shape index (κ3) is 5.26. The zero-order chi connectivity index (χ0) is 21.5.